The number of sulfonamides is 1. The van der Waals surface area contributed by atoms with Gasteiger partial charge in [-0.25, -0.2) is 32.8 Å². The molecule has 0 aliphatic carbocycles. The van der Waals surface area contributed by atoms with Crippen LogP contribution in [0.15, 0.2) is 59.9 Å². The topological polar surface area (TPSA) is 132 Å². The quantitative estimate of drug-likeness (QED) is 0.410. The van der Waals surface area contributed by atoms with Gasteiger partial charge in [0.05, 0.1) is 22.0 Å². The molecular formula is C23H25N7O3S. The SMILES string of the molecule is CC(C)c1cc(C(=O)Nc2ccc(S(=O)(=O)Nc3ncccn3)cc2)c2cnn(C(C)C)c2n1. The van der Waals surface area contributed by atoms with Crippen LogP contribution in [0.1, 0.15) is 55.7 Å². The van der Waals surface area contributed by atoms with Crippen LogP contribution in [0, 0.1) is 0 Å². The monoisotopic (exact) mass is 479 g/mol. The first-order valence-electron chi connectivity index (χ1n) is 10.7. The molecule has 0 saturated carbocycles. The zero-order chi connectivity index (χ0) is 24.5. The van der Waals surface area contributed by atoms with Crippen molar-refractivity contribution in [1.82, 2.24) is 24.7 Å². The predicted molar refractivity (Wildman–Crippen MR) is 129 cm³/mol. The lowest BCUT2D eigenvalue weighted by molar-refractivity contribution is 0.102. The molecule has 11 heteroatoms. The Morgan fingerprint density at radius 1 is 1.03 bits per heavy atom. The lowest BCUT2D eigenvalue weighted by Gasteiger charge is -2.13. The van der Waals surface area contributed by atoms with Crippen LogP contribution < -0.4 is 10.0 Å². The van der Waals surface area contributed by atoms with Crippen LogP contribution in [0.2, 0.25) is 0 Å². The summed E-state index contributed by atoms with van der Waals surface area (Å²) in [6, 6.07) is 9.31. The van der Waals surface area contributed by atoms with Gasteiger partial charge >= 0.3 is 0 Å². The van der Waals surface area contributed by atoms with E-state index in [0.29, 0.717) is 22.3 Å². The van der Waals surface area contributed by atoms with Crippen LogP contribution in [0.3, 0.4) is 0 Å². The number of nitrogens with zero attached hydrogens (tertiary/aromatic N) is 5. The number of hydrogen-bond donors (Lipinski definition) is 2. The molecule has 0 aliphatic rings. The lowest BCUT2D eigenvalue weighted by atomic mass is 10.0. The number of carbonyl (C=O) groups is 1. The fourth-order valence-electron chi connectivity index (χ4n) is 3.35. The molecule has 1 aromatic carbocycles. The summed E-state index contributed by atoms with van der Waals surface area (Å²) in [5.41, 5.74) is 2.35. The molecule has 0 atom stereocenters. The van der Waals surface area contributed by atoms with Gasteiger partial charge in [0.15, 0.2) is 5.65 Å². The Hall–Kier alpha value is -3.86. The maximum Gasteiger partial charge on any atom is 0.264 e. The van der Waals surface area contributed by atoms with Gasteiger partial charge in [0.2, 0.25) is 5.95 Å². The molecule has 0 saturated heterocycles. The molecule has 0 aliphatic heterocycles. The largest absolute Gasteiger partial charge is 0.322 e. The van der Waals surface area contributed by atoms with Gasteiger partial charge in [-0.15, -0.1) is 0 Å². The molecule has 1 amide bonds. The Morgan fingerprint density at radius 2 is 1.71 bits per heavy atom. The highest BCUT2D eigenvalue weighted by atomic mass is 32.2. The van der Waals surface area contributed by atoms with Crippen LogP contribution in [0.25, 0.3) is 11.0 Å². The number of nitrogens with one attached hydrogen (secondary N) is 2. The highest BCUT2D eigenvalue weighted by Gasteiger charge is 2.20. The minimum absolute atomic E-state index is 0.0181. The van der Waals surface area contributed by atoms with Crippen molar-refractivity contribution < 1.29 is 13.2 Å². The van der Waals surface area contributed by atoms with Gasteiger partial charge in [-0.05, 0) is 56.2 Å². The highest BCUT2D eigenvalue weighted by molar-refractivity contribution is 7.92. The fraction of sp³-hybridized carbons (Fsp3) is 0.261. The van der Waals surface area contributed by atoms with Gasteiger partial charge in [0, 0.05) is 29.8 Å². The summed E-state index contributed by atoms with van der Waals surface area (Å²) in [5, 5.41) is 7.90. The van der Waals surface area contributed by atoms with Crippen molar-refractivity contribution in [2.75, 3.05) is 10.0 Å². The second-order valence-corrected chi connectivity index (χ2v) is 10.0. The number of benzene rings is 1. The molecule has 34 heavy (non-hydrogen) atoms. The Kier molecular flexibility index (Phi) is 6.29. The molecule has 3 heterocycles. The normalized spacial score (nSPS) is 11.8. The van der Waals surface area contributed by atoms with E-state index in [9.17, 15) is 13.2 Å². The molecule has 2 N–H and O–H groups in total. The summed E-state index contributed by atoms with van der Waals surface area (Å²) in [7, 11) is -3.87. The Balaban J connectivity index is 1.60. The number of amides is 1. The summed E-state index contributed by atoms with van der Waals surface area (Å²) < 4.78 is 29.2. The van der Waals surface area contributed by atoms with Crippen molar-refractivity contribution in [1.29, 1.82) is 0 Å². The summed E-state index contributed by atoms with van der Waals surface area (Å²) in [5.74, 6) is -0.231. The molecule has 0 radical (unpaired) electrons. The molecule has 4 rings (SSSR count). The Labute approximate surface area is 197 Å². The third-order valence-electron chi connectivity index (χ3n) is 5.13. The van der Waals surface area contributed by atoms with Gasteiger partial charge < -0.3 is 5.32 Å². The minimum Gasteiger partial charge on any atom is -0.322 e. The maximum absolute atomic E-state index is 13.2. The van der Waals surface area contributed by atoms with Crippen molar-refractivity contribution in [2.24, 2.45) is 0 Å². The number of aromatic nitrogens is 5. The average Bonchev–Trinajstić information content (AvgIpc) is 3.23. The first kappa shape index (κ1) is 23.3. The molecular weight excluding hydrogens is 454 g/mol. The van der Waals surface area contributed by atoms with E-state index in [1.165, 1.54) is 36.7 Å². The van der Waals surface area contributed by atoms with Crippen molar-refractivity contribution in [2.45, 2.75) is 44.6 Å². The number of fused-ring (bicyclic) bond motifs is 1. The van der Waals surface area contributed by atoms with E-state index in [-0.39, 0.29) is 28.7 Å². The number of rotatable bonds is 7. The first-order chi connectivity index (χ1) is 16.2. The van der Waals surface area contributed by atoms with Crippen LogP contribution in [0.5, 0.6) is 0 Å². The van der Waals surface area contributed by atoms with Gasteiger partial charge in [0.25, 0.3) is 15.9 Å². The standard InChI is InChI=1S/C23H25N7O3S/c1-14(2)20-12-18(19-13-26-30(15(3)4)21(19)28-20)22(31)27-16-6-8-17(9-7-16)34(32,33)29-23-24-10-5-11-25-23/h5-15H,1-4H3,(H,27,31)(H,24,25,29). The molecule has 4 aromatic rings. The van der Waals surface area contributed by atoms with Gasteiger partial charge in [0.1, 0.15) is 0 Å². The van der Waals surface area contributed by atoms with Crippen LogP contribution in [-0.2, 0) is 10.0 Å². The number of hydrogen-bond acceptors (Lipinski definition) is 7. The summed E-state index contributed by atoms with van der Waals surface area (Å²) in [4.78, 5) is 25.6. The van der Waals surface area contributed by atoms with Crippen LogP contribution in [0.4, 0.5) is 11.6 Å². The average molecular weight is 480 g/mol. The van der Waals surface area contributed by atoms with E-state index in [4.69, 9.17) is 4.98 Å². The third-order valence-corrected chi connectivity index (χ3v) is 6.47. The van der Waals surface area contributed by atoms with Crippen molar-refractivity contribution in [3.8, 4) is 0 Å². The highest BCUT2D eigenvalue weighted by Crippen LogP contribution is 2.25. The second-order valence-electron chi connectivity index (χ2n) is 8.33. The van der Waals surface area contributed by atoms with E-state index in [1.54, 1.807) is 23.0 Å². The third kappa shape index (κ3) is 4.74. The maximum atomic E-state index is 13.2. The van der Waals surface area contributed by atoms with E-state index < -0.39 is 10.0 Å². The Bertz CT molecular complexity index is 1430. The summed E-state index contributed by atoms with van der Waals surface area (Å²) >= 11 is 0. The molecule has 0 unspecified atom stereocenters. The lowest BCUT2D eigenvalue weighted by Crippen LogP contribution is -2.16. The van der Waals surface area contributed by atoms with Crippen molar-refractivity contribution in [3.05, 3.63) is 66.2 Å². The van der Waals surface area contributed by atoms with Gasteiger partial charge in [-0.1, -0.05) is 13.8 Å². The van der Waals surface area contributed by atoms with E-state index in [2.05, 4.69) is 25.1 Å². The second kappa shape index (κ2) is 9.18. The summed E-state index contributed by atoms with van der Waals surface area (Å²) in [6.07, 6.45) is 4.53. The number of carbonyl (C=O) groups excluding carboxylic acids is 1. The minimum atomic E-state index is -3.87. The molecule has 0 fully saturated rings. The molecule has 10 nitrogen and oxygen atoms in total. The van der Waals surface area contributed by atoms with Gasteiger partial charge in [-0.2, -0.15) is 5.10 Å². The number of anilines is 2. The van der Waals surface area contributed by atoms with E-state index in [0.717, 1.165) is 5.69 Å². The Morgan fingerprint density at radius 3 is 2.32 bits per heavy atom. The first-order valence-corrected chi connectivity index (χ1v) is 12.2. The fourth-order valence-corrected chi connectivity index (χ4v) is 4.30. The number of pyridine rings is 1. The molecule has 0 bridgehead atoms. The van der Waals surface area contributed by atoms with Crippen molar-refractivity contribution >= 4 is 38.6 Å². The zero-order valence-corrected chi connectivity index (χ0v) is 20.0. The molecule has 3 aromatic heterocycles. The summed E-state index contributed by atoms with van der Waals surface area (Å²) in [6.45, 7) is 8.04. The van der Waals surface area contributed by atoms with E-state index in [1.807, 2.05) is 27.7 Å². The van der Waals surface area contributed by atoms with Crippen LogP contribution in [-0.4, -0.2) is 39.1 Å². The van der Waals surface area contributed by atoms with E-state index >= 15 is 0 Å². The zero-order valence-electron chi connectivity index (χ0n) is 19.2. The van der Waals surface area contributed by atoms with Gasteiger partial charge in [-0.3, -0.25) is 4.79 Å². The van der Waals surface area contributed by atoms with Crippen molar-refractivity contribution in [3.63, 3.8) is 0 Å². The smallest absolute Gasteiger partial charge is 0.264 e. The van der Waals surface area contributed by atoms with Crippen LogP contribution >= 0.6 is 0 Å². The predicted octanol–water partition coefficient (Wildman–Crippen LogP) is 3.98. The molecule has 176 valence electrons. The molecule has 0 spiro atoms.